The van der Waals surface area contributed by atoms with Gasteiger partial charge in [0.15, 0.2) is 6.04 Å². The molecule has 1 unspecified atom stereocenters. The molecule has 5 heteroatoms. The van der Waals surface area contributed by atoms with E-state index in [-0.39, 0.29) is 0 Å². The Kier molecular flexibility index (Phi) is 2.82. The van der Waals surface area contributed by atoms with Crippen molar-refractivity contribution in [1.29, 1.82) is 0 Å². The summed E-state index contributed by atoms with van der Waals surface area (Å²) in [6, 6.07) is -0.806. The molecule has 12 heavy (non-hydrogen) atoms. The van der Waals surface area contributed by atoms with Crippen LogP contribution in [-0.4, -0.2) is 22.5 Å². The molecule has 66 valence electrons. The van der Waals surface area contributed by atoms with Gasteiger partial charge in [-0.05, 0) is 6.92 Å². The van der Waals surface area contributed by atoms with Crippen molar-refractivity contribution in [3.05, 3.63) is 18.2 Å². The van der Waals surface area contributed by atoms with Gasteiger partial charge in [0.1, 0.15) is 5.82 Å². The average Bonchev–Trinajstić information content (AvgIpc) is 2.55. The Morgan fingerprint density at radius 1 is 1.92 bits per heavy atom. The highest BCUT2D eigenvalue weighted by Gasteiger charge is 2.18. The second-order valence-corrected chi connectivity index (χ2v) is 2.20. The predicted molar refractivity (Wildman–Crippen MR) is 42.1 cm³/mol. The average molecular weight is 169 g/mol. The maximum atomic E-state index is 11.0. The van der Waals surface area contributed by atoms with Crippen molar-refractivity contribution in [2.45, 2.75) is 13.0 Å². The topological polar surface area (TPSA) is 81.0 Å². The molecule has 3 N–H and O–H groups in total. The molecule has 1 heterocycles. The Balaban J connectivity index is 2.59. The van der Waals surface area contributed by atoms with Gasteiger partial charge in [0.05, 0.1) is 6.61 Å². The summed E-state index contributed by atoms with van der Waals surface area (Å²) < 4.78 is 4.70. The van der Waals surface area contributed by atoms with Gasteiger partial charge < -0.3 is 15.5 Å². The number of H-pyrrole nitrogens is 1. The quantitative estimate of drug-likeness (QED) is 0.623. The fraction of sp³-hybridized carbons (Fsp3) is 0.429. The number of hydrogen-bond acceptors (Lipinski definition) is 4. The Morgan fingerprint density at radius 2 is 2.67 bits per heavy atom. The second kappa shape index (κ2) is 3.87. The van der Waals surface area contributed by atoms with E-state index >= 15 is 0 Å². The molecule has 1 aromatic rings. The zero-order chi connectivity index (χ0) is 8.97. The maximum absolute atomic E-state index is 11.0. The third-order valence-corrected chi connectivity index (χ3v) is 1.35. The van der Waals surface area contributed by atoms with E-state index in [9.17, 15) is 4.79 Å². The zero-order valence-corrected chi connectivity index (χ0v) is 6.78. The van der Waals surface area contributed by atoms with E-state index in [0.717, 1.165) is 0 Å². The minimum Gasteiger partial charge on any atom is -0.464 e. The fourth-order valence-electron chi connectivity index (χ4n) is 0.791. The maximum Gasteiger partial charge on any atom is 0.330 e. The van der Waals surface area contributed by atoms with Crippen LogP contribution in [0.5, 0.6) is 0 Å². The molecular formula is C7H11N3O2. The molecule has 0 aliphatic heterocycles. The van der Waals surface area contributed by atoms with Gasteiger partial charge in [-0.3, -0.25) is 0 Å². The van der Waals surface area contributed by atoms with Crippen molar-refractivity contribution in [2.75, 3.05) is 6.61 Å². The molecular weight excluding hydrogens is 158 g/mol. The Hall–Kier alpha value is -1.36. The first kappa shape index (κ1) is 8.73. The number of nitrogens with one attached hydrogen (secondary N) is 1. The van der Waals surface area contributed by atoms with Gasteiger partial charge in [0.25, 0.3) is 0 Å². The number of aromatic nitrogens is 2. The molecule has 0 aliphatic rings. The van der Waals surface area contributed by atoms with Crippen molar-refractivity contribution in [3.63, 3.8) is 0 Å². The first-order valence-corrected chi connectivity index (χ1v) is 3.67. The van der Waals surface area contributed by atoms with Gasteiger partial charge in [-0.1, -0.05) is 0 Å². The zero-order valence-electron chi connectivity index (χ0n) is 6.78. The Morgan fingerprint density at radius 3 is 3.17 bits per heavy atom. The summed E-state index contributed by atoms with van der Waals surface area (Å²) in [6.07, 6.45) is 3.14. The number of nitrogens with two attached hydrogens (primary N) is 1. The third-order valence-electron chi connectivity index (χ3n) is 1.35. The SMILES string of the molecule is CCOC(=O)C(N)c1ncc[nH]1. The van der Waals surface area contributed by atoms with Crippen molar-refractivity contribution >= 4 is 5.97 Å². The van der Waals surface area contributed by atoms with Crippen LogP contribution in [-0.2, 0) is 9.53 Å². The lowest BCUT2D eigenvalue weighted by Crippen LogP contribution is -2.24. The standard InChI is InChI=1S/C7H11N3O2/c1-2-12-7(11)5(8)6-9-3-4-10-6/h3-5H,2,8H2,1H3,(H,9,10). The fourth-order valence-corrected chi connectivity index (χ4v) is 0.791. The minimum atomic E-state index is -0.806. The van der Waals surface area contributed by atoms with Crippen molar-refractivity contribution in [1.82, 2.24) is 9.97 Å². The molecule has 1 aromatic heterocycles. The Labute approximate surface area is 69.9 Å². The van der Waals surface area contributed by atoms with E-state index < -0.39 is 12.0 Å². The molecule has 0 saturated carbocycles. The van der Waals surface area contributed by atoms with E-state index in [4.69, 9.17) is 10.5 Å². The van der Waals surface area contributed by atoms with Gasteiger partial charge in [0, 0.05) is 12.4 Å². The van der Waals surface area contributed by atoms with Crippen LogP contribution in [0.4, 0.5) is 0 Å². The second-order valence-electron chi connectivity index (χ2n) is 2.20. The van der Waals surface area contributed by atoms with Crippen LogP contribution in [0.1, 0.15) is 18.8 Å². The van der Waals surface area contributed by atoms with E-state index in [2.05, 4.69) is 9.97 Å². The van der Waals surface area contributed by atoms with E-state index in [1.54, 1.807) is 13.1 Å². The smallest absolute Gasteiger partial charge is 0.330 e. The number of aromatic amines is 1. The van der Waals surface area contributed by atoms with Crippen molar-refractivity contribution in [2.24, 2.45) is 5.73 Å². The van der Waals surface area contributed by atoms with E-state index in [1.165, 1.54) is 6.20 Å². The Bertz CT molecular complexity index is 245. The van der Waals surface area contributed by atoms with Gasteiger partial charge in [-0.15, -0.1) is 0 Å². The van der Waals surface area contributed by atoms with Crippen LogP contribution >= 0.6 is 0 Å². The molecule has 0 spiro atoms. The molecule has 0 fully saturated rings. The highest BCUT2D eigenvalue weighted by molar-refractivity contribution is 5.76. The summed E-state index contributed by atoms with van der Waals surface area (Å²) in [6.45, 7) is 2.06. The normalized spacial score (nSPS) is 12.5. The van der Waals surface area contributed by atoms with Crippen LogP contribution in [0, 0.1) is 0 Å². The van der Waals surface area contributed by atoms with E-state index in [0.29, 0.717) is 12.4 Å². The van der Waals surface area contributed by atoms with Crippen LogP contribution in [0.25, 0.3) is 0 Å². The molecule has 0 bridgehead atoms. The number of nitrogens with zero attached hydrogens (tertiary/aromatic N) is 1. The number of ether oxygens (including phenoxy) is 1. The number of imidazole rings is 1. The summed E-state index contributed by atoms with van der Waals surface area (Å²) in [4.78, 5) is 17.6. The van der Waals surface area contributed by atoms with Crippen LogP contribution in [0.2, 0.25) is 0 Å². The van der Waals surface area contributed by atoms with Gasteiger partial charge in [0.2, 0.25) is 0 Å². The minimum absolute atomic E-state index is 0.327. The molecule has 1 atom stereocenters. The third kappa shape index (κ3) is 1.82. The lowest BCUT2D eigenvalue weighted by atomic mass is 10.3. The number of carbonyl (C=O) groups is 1. The number of rotatable bonds is 3. The van der Waals surface area contributed by atoms with E-state index in [1.807, 2.05) is 0 Å². The van der Waals surface area contributed by atoms with Crippen molar-refractivity contribution in [3.8, 4) is 0 Å². The number of hydrogen-bond donors (Lipinski definition) is 2. The predicted octanol–water partition coefficient (Wildman–Crippen LogP) is -0.0274. The number of carbonyl (C=O) groups excluding carboxylic acids is 1. The summed E-state index contributed by atoms with van der Waals surface area (Å²) >= 11 is 0. The summed E-state index contributed by atoms with van der Waals surface area (Å²) in [7, 11) is 0. The van der Waals surface area contributed by atoms with Crippen LogP contribution in [0.15, 0.2) is 12.4 Å². The first-order valence-electron chi connectivity index (χ1n) is 3.67. The van der Waals surface area contributed by atoms with Crippen LogP contribution in [0.3, 0.4) is 0 Å². The molecule has 0 amide bonds. The monoisotopic (exact) mass is 169 g/mol. The van der Waals surface area contributed by atoms with Crippen molar-refractivity contribution < 1.29 is 9.53 Å². The summed E-state index contributed by atoms with van der Waals surface area (Å²) in [5.74, 6) is -0.0408. The molecule has 0 saturated heterocycles. The molecule has 1 rings (SSSR count). The lowest BCUT2D eigenvalue weighted by Gasteiger charge is -2.06. The number of esters is 1. The van der Waals surface area contributed by atoms with Gasteiger partial charge >= 0.3 is 5.97 Å². The van der Waals surface area contributed by atoms with Crippen LogP contribution < -0.4 is 5.73 Å². The highest BCUT2D eigenvalue weighted by atomic mass is 16.5. The molecule has 5 nitrogen and oxygen atoms in total. The first-order chi connectivity index (χ1) is 5.75. The van der Waals surface area contributed by atoms with Gasteiger partial charge in [-0.2, -0.15) is 0 Å². The molecule has 0 aliphatic carbocycles. The summed E-state index contributed by atoms with van der Waals surface area (Å²) in [5.41, 5.74) is 5.50. The summed E-state index contributed by atoms with van der Waals surface area (Å²) in [5, 5.41) is 0. The lowest BCUT2D eigenvalue weighted by molar-refractivity contribution is -0.145. The van der Waals surface area contributed by atoms with Gasteiger partial charge in [-0.25, -0.2) is 9.78 Å². The largest absolute Gasteiger partial charge is 0.464 e. The highest BCUT2D eigenvalue weighted by Crippen LogP contribution is 2.04. The molecule has 0 aromatic carbocycles. The molecule has 0 radical (unpaired) electrons.